The summed E-state index contributed by atoms with van der Waals surface area (Å²) in [5.41, 5.74) is 7.98. The highest BCUT2D eigenvalue weighted by Crippen LogP contribution is 2.32. The van der Waals surface area contributed by atoms with Gasteiger partial charge in [0, 0.05) is 37.6 Å². The van der Waals surface area contributed by atoms with Crippen LogP contribution >= 0.6 is 12.4 Å². The van der Waals surface area contributed by atoms with Crippen molar-refractivity contribution in [2.45, 2.75) is 32.1 Å². The van der Waals surface area contributed by atoms with Gasteiger partial charge in [-0.05, 0) is 49.4 Å². The molecule has 24 heavy (non-hydrogen) atoms. The van der Waals surface area contributed by atoms with Gasteiger partial charge in [-0.3, -0.25) is 9.59 Å². The number of rotatable bonds is 3. The SMILES string of the molecule is Cl.NCC1(C(=O)Nc2ccc3c(c2)CCCC(=O)N3)CCOCC1. The standard InChI is InChI=1S/C17H23N3O3.ClH/c18-11-17(6-8-23-9-7-17)16(22)19-13-4-5-14-12(10-13)2-1-3-15(21)20-14;/h4-5,10H,1-3,6-9,11,18H2,(H,19,22)(H,20,21);1H. The second kappa shape index (κ2) is 7.96. The van der Waals surface area contributed by atoms with E-state index in [9.17, 15) is 9.59 Å². The molecule has 0 bridgehead atoms. The van der Waals surface area contributed by atoms with E-state index in [1.54, 1.807) is 0 Å². The maximum absolute atomic E-state index is 12.7. The minimum atomic E-state index is -0.542. The van der Waals surface area contributed by atoms with E-state index >= 15 is 0 Å². The molecular weight excluding hydrogens is 330 g/mol. The van der Waals surface area contributed by atoms with E-state index in [4.69, 9.17) is 10.5 Å². The maximum Gasteiger partial charge on any atom is 0.232 e. The van der Waals surface area contributed by atoms with Crippen molar-refractivity contribution in [3.05, 3.63) is 23.8 Å². The zero-order valence-electron chi connectivity index (χ0n) is 13.6. The molecule has 1 aromatic carbocycles. The first-order valence-corrected chi connectivity index (χ1v) is 8.15. The number of anilines is 2. The molecule has 7 heteroatoms. The van der Waals surface area contributed by atoms with E-state index in [1.165, 1.54) is 0 Å². The van der Waals surface area contributed by atoms with Gasteiger partial charge in [-0.25, -0.2) is 0 Å². The third-order valence-corrected chi connectivity index (χ3v) is 4.81. The topological polar surface area (TPSA) is 93.5 Å². The number of carbonyl (C=O) groups is 2. The molecular formula is C17H24ClN3O3. The molecule has 6 nitrogen and oxygen atoms in total. The van der Waals surface area contributed by atoms with Crippen LogP contribution in [0.2, 0.25) is 0 Å². The Labute approximate surface area is 147 Å². The molecule has 2 heterocycles. The molecule has 3 rings (SSSR count). The highest BCUT2D eigenvalue weighted by Gasteiger charge is 2.38. The van der Waals surface area contributed by atoms with Gasteiger partial charge in [0.15, 0.2) is 0 Å². The van der Waals surface area contributed by atoms with Gasteiger partial charge in [0.2, 0.25) is 11.8 Å². The summed E-state index contributed by atoms with van der Waals surface area (Å²) in [6.45, 7) is 1.46. The van der Waals surface area contributed by atoms with Crippen LogP contribution in [0.1, 0.15) is 31.2 Å². The number of fused-ring (bicyclic) bond motifs is 1. The number of hydrogen-bond donors (Lipinski definition) is 3. The van der Waals surface area contributed by atoms with E-state index in [-0.39, 0.29) is 24.2 Å². The van der Waals surface area contributed by atoms with E-state index in [1.807, 2.05) is 18.2 Å². The highest BCUT2D eigenvalue weighted by atomic mass is 35.5. The van der Waals surface area contributed by atoms with E-state index in [0.29, 0.717) is 39.0 Å². The number of halogens is 1. The van der Waals surface area contributed by atoms with Crippen LogP contribution in [-0.2, 0) is 20.7 Å². The predicted molar refractivity (Wildman–Crippen MR) is 95.4 cm³/mol. The molecule has 0 radical (unpaired) electrons. The Bertz CT molecular complexity index is 615. The Morgan fingerprint density at radius 1 is 1.29 bits per heavy atom. The fourth-order valence-electron chi connectivity index (χ4n) is 3.20. The predicted octanol–water partition coefficient (Wildman–Crippen LogP) is 2.08. The van der Waals surface area contributed by atoms with Gasteiger partial charge in [-0.2, -0.15) is 0 Å². The lowest BCUT2D eigenvalue weighted by molar-refractivity contribution is -0.130. The highest BCUT2D eigenvalue weighted by molar-refractivity contribution is 5.97. The van der Waals surface area contributed by atoms with Crippen LogP contribution in [0.15, 0.2) is 18.2 Å². The minimum Gasteiger partial charge on any atom is -0.381 e. The molecule has 0 aliphatic carbocycles. The first-order chi connectivity index (χ1) is 11.1. The molecule has 4 N–H and O–H groups in total. The van der Waals surface area contributed by atoms with Crippen LogP contribution < -0.4 is 16.4 Å². The van der Waals surface area contributed by atoms with Crippen molar-refractivity contribution in [3.8, 4) is 0 Å². The average molecular weight is 354 g/mol. The Morgan fingerprint density at radius 2 is 2.04 bits per heavy atom. The van der Waals surface area contributed by atoms with Crippen molar-refractivity contribution in [3.63, 3.8) is 0 Å². The van der Waals surface area contributed by atoms with Gasteiger partial charge in [0.25, 0.3) is 0 Å². The summed E-state index contributed by atoms with van der Waals surface area (Å²) < 4.78 is 5.35. The summed E-state index contributed by atoms with van der Waals surface area (Å²) in [7, 11) is 0. The number of hydrogen-bond acceptors (Lipinski definition) is 4. The Morgan fingerprint density at radius 3 is 2.75 bits per heavy atom. The number of amides is 2. The van der Waals surface area contributed by atoms with Gasteiger partial charge in [0.05, 0.1) is 5.41 Å². The zero-order chi connectivity index (χ0) is 16.3. The minimum absolute atomic E-state index is 0. The van der Waals surface area contributed by atoms with Crippen LogP contribution in [-0.4, -0.2) is 31.6 Å². The van der Waals surface area contributed by atoms with Crippen molar-refractivity contribution >= 4 is 35.6 Å². The fraction of sp³-hybridized carbons (Fsp3) is 0.529. The normalized spacial score (nSPS) is 19.3. The molecule has 0 unspecified atom stereocenters. The summed E-state index contributed by atoms with van der Waals surface area (Å²) in [5, 5.41) is 5.89. The molecule has 2 amide bonds. The molecule has 0 aromatic heterocycles. The molecule has 0 atom stereocenters. The monoisotopic (exact) mass is 353 g/mol. The van der Waals surface area contributed by atoms with Crippen LogP contribution in [0, 0.1) is 5.41 Å². The van der Waals surface area contributed by atoms with Gasteiger partial charge in [0.1, 0.15) is 0 Å². The van der Waals surface area contributed by atoms with Crippen molar-refractivity contribution < 1.29 is 14.3 Å². The van der Waals surface area contributed by atoms with Gasteiger partial charge >= 0.3 is 0 Å². The molecule has 1 fully saturated rings. The van der Waals surface area contributed by atoms with E-state index in [2.05, 4.69) is 10.6 Å². The van der Waals surface area contributed by atoms with Crippen LogP contribution in [0.3, 0.4) is 0 Å². The first kappa shape index (κ1) is 18.7. The van der Waals surface area contributed by atoms with Gasteiger partial charge in [-0.1, -0.05) is 0 Å². The number of ether oxygens (including phenoxy) is 1. The Hall–Kier alpha value is -1.63. The smallest absolute Gasteiger partial charge is 0.232 e. The lowest BCUT2D eigenvalue weighted by Gasteiger charge is -2.34. The lowest BCUT2D eigenvalue weighted by atomic mass is 9.79. The number of carbonyl (C=O) groups excluding carboxylic acids is 2. The molecule has 0 spiro atoms. The fourth-order valence-corrected chi connectivity index (χ4v) is 3.20. The summed E-state index contributed by atoms with van der Waals surface area (Å²) in [6, 6.07) is 5.63. The quantitative estimate of drug-likeness (QED) is 0.775. The number of nitrogens with two attached hydrogens (primary N) is 1. The summed E-state index contributed by atoms with van der Waals surface area (Å²) in [5.74, 6) is 0.00531. The summed E-state index contributed by atoms with van der Waals surface area (Å²) in [6.07, 6.45) is 3.48. The lowest BCUT2D eigenvalue weighted by Crippen LogP contribution is -2.46. The molecule has 1 saturated heterocycles. The van der Waals surface area contributed by atoms with Crippen molar-refractivity contribution in [2.24, 2.45) is 11.1 Å². The number of nitrogens with one attached hydrogen (secondary N) is 2. The van der Waals surface area contributed by atoms with Gasteiger partial charge < -0.3 is 21.1 Å². The molecule has 2 aliphatic rings. The molecule has 132 valence electrons. The third-order valence-electron chi connectivity index (χ3n) is 4.81. The zero-order valence-corrected chi connectivity index (χ0v) is 14.4. The second-order valence-corrected chi connectivity index (χ2v) is 6.32. The molecule has 1 aromatic rings. The van der Waals surface area contributed by atoms with Crippen molar-refractivity contribution in [1.29, 1.82) is 0 Å². The van der Waals surface area contributed by atoms with Crippen molar-refractivity contribution in [1.82, 2.24) is 0 Å². The Kier molecular flexibility index (Phi) is 6.21. The Balaban J connectivity index is 0.00000208. The van der Waals surface area contributed by atoms with Crippen LogP contribution in [0.5, 0.6) is 0 Å². The summed E-state index contributed by atoms with van der Waals surface area (Å²) >= 11 is 0. The van der Waals surface area contributed by atoms with E-state index < -0.39 is 5.41 Å². The molecule has 0 saturated carbocycles. The van der Waals surface area contributed by atoms with E-state index in [0.717, 1.165) is 29.8 Å². The van der Waals surface area contributed by atoms with Crippen LogP contribution in [0.25, 0.3) is 0 Å². The maximum atomic E-state index is 12.7. The van der Waals surface area contributed by atoms with Crippen LogP contribution in [0.4, 0.5) is 11.4 Å². The van der Waals surface area contributed by atoms with Crippen molar-refractivity contribution in [2.75, 3.05) is 30.4 Å². The third kappa shape index (κ3) is 3.88. The second-order valence-electron chi connectivity index (χ2n) is 6.32. The number of benzene rings is 1. The summed E-state index contributed by atoms with van der Waals surface area (Å²) in [4.78, 5) is 24.3. The van der Waals surface area contributed by atoms with Gasteiger partial charge in [-0.15, -0.1) is 12.4 Å². The largest absolute Gasteiger partial charge is 0.381 e. The number of aryl methyl sites for hydroxylation is 1. The first-order valence-electron chi connectivity index (χ1n) is 8.15. The molecule has 2 aliphatic heterocycles. The average Bonchev–Trinajstić information content (AvgIpc) is 2.75.